The van der Waals surface area contributed by atoms with Crippen LogP contribution in [-0.4, -0.2) is 40.3 Å². The molecule has 3 rings (SSSR count). The first kappa shape index (κ1) is 20.5. The van der Waals surface area contributed by atoms with Gasteiger partial charge >= 0.3 is 0 Å². The van der Waals surface area contributed by atoms with Gasteiger partial charge in [0, 0.05) is 5.56 Å². The van der Waals surface area contributed by atoms with Crippen LogP contribution >= 0.6 is 11.8 Å². The molecule has 29 heavy (non-hydrogen) atoms. The Kier molecular flexibility index (Phi) is 6.28. The number of amides is 1. The number of anilines is 1. The average Bonchev–Trinajstić information content (AvgIpc) is 3.08. The normalized spacial score (nSPS) is 11.7. The van der Waals surface area contributed by atoms with Gasteiger partial charge in [0.2, 0.25) is 11.1 Å². The van der Waals surface area contributed by atoms with E-state index in [0.29, 0.717) is 22.4 Å². The third kappa shape index (κ3) is 4.62. The predicted molar refractivity (Wildman–Crippen MR) is 114 cm³/mol. The van der Waals surface area contributed by atoms with Crippen molar-refractivity contribution in [3.63, 3.8) is 0 Å². The summed E-state index contributed by atoms with van der Waals surface area (Å²) in [6.45, 7) is 3.73. The minimum absolute atomic E-state index is 0.187. The molecule has 0 unspecified atom stereocenters. The number of hydrogen-bond acceptors (Lipinski definition) is 7. The van der Waals surface area contributed by atoms with Gasteiger partial charge in [-0.15, -0.1) is 10.2 Å². The first-order chi connectivity index (χ1) is 13.9. The van der Waals surface area contributed by atoms with Crippen molar-refractivity contribution < 1.29 is 14.3 Å². The first-order valence-electron chi connectivity index (χ1n) is 8.90. The van der Waals surface area contributed by atoms with Crippen molar-refractivity contribution in [1.29, 1.82) is 0 Å². The molecule has 0 radical (unpaired) electrons. The molecule has 3 aromatic rings. The lowest BCUT2D eigenvalue weighted by molar-refractivity contribution is -0.115. The Balaban J connectivity index is 1.72. The number of methoxy groups -OCH3 is 2. The molecule has 0 aliphatic heterocycles. The van der Waals surface area contributed by atoms with E-state index in [-0.39, 0.29) is 5.91 Å². The summed E-state index contributed by atoms with van der Waals surface area (Å²) >= 11 is 1.23. The van der Waals surface area contributed by atoms with Crippen LogP contribution in [0, 0.1) is 6.92 Å². The molecule has 8 nitrogen and oxygen atoms in total. The van der Waals surface area contributed by atoms with Crippen molar-refractivity contribution in [2.45, 2.75) is 24.3 Å². The number of rotatable bonds is 7. The third-order valence-corrected chi connectivity index (χ3v) is 5.33. The fraction of sp³-hybridized carbons (Fsp3) is 0.250. The lowest BCUT2D eigenvalue weighted by Crippen LogP contribution is -2.24. The van der Waals surface area contributed by atoms with Gasteiger partial charge in [-0.2, -0.15) is 0 Å². The average molecular weight is 414 g/mol. The first-order valence-corrected chi connectivity index (χ1v) is 9.78. The van der Waals surface area contributed by atoms with Crippen LogP contribution in [0.2, 0.25) is 0 Å². The van der Waals surface area contributed by atoms with Crippen molar-refractivity contribution in [3.05, 3.63) is 48.0 Å². The highest BCUT2D eigenvalue weighted by Crippen LogP contribution is 2.29. The van der Waals surface area contributed by atoms with E-state index in [0.717, 1.165) is 16.9 Å². The molecule has 3 N–H and O–H groups in total. The van der Waals surface area contributed by atoms with Crippen molar-refractivity contribution >= 4 is 23.4 Å². The Bertz CT molecular complexity index is 1000. The van der Waals surface area contributed by atoms with Gasteiger partial charge in [-0.3, -0.25) is 4.79 Å². The Morgan fingerprint density at radius 3 is 2.52 bits per heavy atom. The van der Waals surface area contributed by atoms with E-state index >= 15 is 0 Å². The number of benzene rings is 2. The molecule has 2 aromatic carbocycles. The van der Waals surface area contributed by atoms with E-state index in [4.69, 9.17) is 15.3 Å². The smallest absolute Gasteiger partial charge is 0.237 e. The van der Waals surface area contributed by atoms with Crippen LogP contribution in [0.1, 0.15) is 12.5 Å². The molecular formula is C20H23N5O3S. The highest BCUT2D eigenvalue weighted by molar-refractivity contribution is 8.00. The monoisotopic (exact) mass is 413 g/mol. The van der Waals surface area contributed by atoms with Gasteiger partial charge in [-0.05, 0) is 55.8 Å². The largest absolute Gasteiger partial charge is 0.497 e. The van der Waals surface area contributed by atoms with Gasteiger partial charge in [0.25, 0.3) is 0 Å². The lowest BCUT2D eigenvalue weighted by Gasteiger charge is -2.14. The van der Waals surface area contributed by atoms with E-state index in [1.54, 1.807) is 21.1 Å². The zero-order valence-corrected chi connectivity index (χ0v) is 17.5. The molecule has 0 fully saturated rings. The standard InChI is InChI=1S/C20H23N5O3S/c1-12-5-10-17(28-4)16(11-12)22-19(26)13(2)29-20-24-23-18(25(20)21)14-6-8-15(27-3)9-7-14/h5-11,13H,21H2,1-4H3,(H,22,26)/t13-/m1/s1. The van der Waals surface area contributed by atoms with Gasteiger partial charge < -0.3 is 20.6 Å². The Morgan fingerprint density at radius 1 is 1.14 bits per heavy atom. The van der Waals surface area contributed by atoms with Crippen LogP contribution in [0.25, 0.3) is 11.4 Å². The second-order valence-electron chi connectivity index (χ2n) is 6.36. The summed E-state index contributed by atoms with van der Waals surface area (Å²) in [6, 6.07) is 12.9. The number of nitrogens with zero attached hydrogens (tertiary/aromatic N) is 3. The van der Waals surface area contributed by atoms with Crippen LogP contribution in [0.4, 0.5) is 5.69 Å². The van der Waals surface area contributed by atoms with Crippen LogP contribution in [0.15, 0.2) is 47.6 Å². The molecule has 0 saturated heterocycles. The summed E-state index contributed by atoms with van der Waals surface area (Å²) in [4.78, 5) is 12.7. The summed E-state index contributed by atoms with van der Waals surface area (Å²) in [6.07, 6.45) is 0. The van der Waals surface area contributed by atoms with Crippen molar-refractivity contribution in [1.82, 2.24) is 14.9 Å². The molecular weight excluding hydrogens is 390 g/mol. The summed E-state index contributed by atoms with van der Waals surface area (Å²) in [5.41, 5.74) is 2.44. The number of ether oxygens (including phenoxy) is 2. The van der Waals surface area contributed by atoms with Gasteiger partial charge in [-0.1, -0.05) is 17.8 Å². The summed E-state index contributed by atoms with van der Waals surface area (Å²) in [5, 5.41) is 11.2. The number of hydrogen-bond donors (Lipinski definition) is 2. The molecule has 0 aliphatic rings. The van der Waals surface area contributed by atoms with Gasteiger partial charge in [0.15, 0.2) is 5.82 Å². The number of aromatic nitrogens is 3. The van der Waals surface area contributed by atoms with Gasteiger partial charge in [-0.25, -0.2) is 4.68 Å². The summed E-state index contributed by atoms with van der Waals surface area (Å²) < 4.78 is 11.8. The SMILES string of the molecule is COc1ccc(-c2nnc(S[C@H](C)C(=O)Nc3cc(C)ccc3OC)n2N)cc1. The Morgan fingerprint density at radius 2 is 1.86 bits per heavy atom. The molecule has 1 aromatic heterocycles. The van der Waals surface area contributed by atoms with Crippen LogP contribution in [0.5, 0.6) is 11.5 Å². The maximum absolute atomic E-state index is 12.7. The van der Waals surface area contributed by atoms with Crippen LogP contribution in [0.3, 0.4) is 0 Å². The molecule has 0 bridgehead atoms. The molecule has 0 aliphatic carbocycles. The molecule has 152 valence electrons. The number of thioether (sulfide) groups is 1. The fourth-order valence-corrected chi connectivity index (χ4v) is 3.43. The highest BCUT2D eigenvalue weighted by Gasteiger charge is 2.21. The number of nitrogen functional groups attached to an aromatic ring is 1. The second-order valence-corrected chi connectivity index (χ2v) is 7.67. The van der Waals surface area contributed by atoms with Crippen LogP contribution in [-0.2, 0) is 4.79 Å². The van der Waals surface area contributed by atoms with Gasteiger partial charge in [0.1, 0.15) is 11.5 Å². The maximum Gasteiger partial charge on any atom is 0.237 e. The number of nitrogens with one attached hydrogen (secondary N) is 1. The van der Waals surface area contributed by atoms with E-state index in [2.05, 4.69) is 15.5 Å². The third-order valence-electron chi connectivity index (χ3n) is 4.28. The number of aryl methyl sites for hydroxylation is 1. The Hall–Kier alpha value is -3.20. The second kappa shape index (κ2) is 8.87. The van der Waals surface area contributed by atoms with E-state index in [1.165, 1.54) is 16.4 Å². The van der Waals surface area contributed by atoms with E-state index in [1.807, 2.05) is 49.4 Å². The molecule has 1 heterocycles. The number of carbonyl (C=O) groups is 1. The zero-order chi connectivity index (χ0) is 21.0. The number of carbonyl (C=O) groups excluding carboxylic acids is 1. The summed E-state index contributed by atoms with van der Waals surface area (Å²) in [5.74, 6) is 7.82. The van der Waals surface area contributed by atoms with E-state index in [9.17, 15) is 4.79 Å². The zero-order valence-electron chi connectivity index (χ0n) is 16.7. The van der Waals surface area contributed by atoms with Crippen LogP contribution < -0.4 is 20.6 Å². The predicted octanol–water partition coefficient (Wildman–Crippen LogP) is 3.10. The van der Waals surface area contributed by atoms with Crippen molar-refractivity contribution in [2.24, 2.45) is 0 Å². The molecule has 1 atom stereocenters. The minimum Gasteiger partial charge on any atom is -0.497 e. The molecule has 0 spiro atoms. The Labute approximate surface area is 173 Å². The fourth-order valence-electron chi connectivity index (χ4n) is 2.66. The highest BCUT2D eigenvalue weighted by atomic mass is 32.2. The molecule has 1 amide bonds. The minimum atomic E-state index is -0.449. The number of nitrogens with two attached hydrogens (primary N) is 1. The lowest BCUT2D eigenvalue weighted by atomic mass is 10.2. The summed E-state index contributed by atoms with van der Waals surface area (Å²) in [7, 11) is 3.17. The quantitative estimate of drug-likeness (QED) is 0.453. The topological polar surface area (TPSA) is 104 Å². The molecule has 0 saturated carbocycles. The van der Waals surface area contributed by atoms with E-state index < -0.39 is 5.25 Å². The molecule has 9 heteroatoms. The van der Waals surface area contributed by atoms with Crippen molar-refractivity contribution in [3.8, 4) is 22.9 Å². The maximum atomic E-state index is 12.7. The van der Waals surface area contributed by atoms with Gasteiger partial charge in [0.05, 0.1) is 25.2 Å². The van der Waals surface area contributed by atoms with Crippen molar-refractivity contribution in [2.75, 3.05) is 25.4 Å².